The molecule has 112 valence electrons. The Kier molecular flexibility index (Phi) is 11.8. The van der Waals surface area contributed by atoms with Gasteiger partial charge in [-0.2, -0.15) is 0 Å². The van der Waals surface area contributed by atoms with Crippen LogP contribution in [0.2, 0.25) is 0 Å². The first kappa shape index (κ1) is 18.2. The second-order valence-electron chi connectivity index (χ2n) is 5.35. The summed E-state index contributed by atoms with van der Waals surface area (Å²) in [5.41, 5.74) is 0. The van der Waals surface area contributed by atoms with Gasteiger partial charge in [-0.1, -0.05) is 59.0 Å². The van der Waals surface area contributed by atoms with Crippen molar-refractivity contribution in [1.29, 1.82) is 0 Å². The van der Waals surface area contributed by atoms with E-state index in [0.29, 0.717) is 0 Å². The van der Waals surface area contributed by atoms with E-state index in [0.717, 1.165) is 24.5 Å². The molecule has 0 aromatic carbocycles. The summed E-state index contributed by atoms with van der Waals surface area (Å²) in [6, 6.07) is 0. The second-order valence-corrected chi connectivity index (χ2v) is 5.35. The minimum absolute atomic E-state index is 0.867. The molecule has 0 spiro atoms. The zero-order valence-corrected chi connectivity index (χ0v) is 13.0. The summed E-state index contributed by atoms with van der Waals surface area (Å²) >= 11 is 0. The summed E-state index contributed by atoms with van der Waals surface area (Å²) in [5.74, 6) is 1.74. The molecular formula is C17H32O2. The topological polar surface area (TPSA) is 29.5 Å². The lowest BCUT2D eigenvalue weighted by Gasteiger charge is -2.13. The summed E-state index contributed by atoms with van der Waals surface area (Å²) in [5, 5.41) is 9.33. The normalized spacial score (nSPS) is 15.1. The highest BCUT2D eigenvalue weighted by Gasteiger charge is 2.04. The molecule has 0 aliphatic rings. The maximum absolute atomic E-state index is 9.33. The highest BCUT2D eigenvalue weighted by atomic mass is 16.6. The van der Waals surface area contributed by atoms with Crippen LogP contribution in [-0.4, -0.2) is 11.4 Å². The number of hydrogen-bond acceptors (Lipinski definition) is 2. The SMILES string of the molecule is C=C[C@@H](O)O/C(=C/C)CCCCCCC(C)CCC. The zero-order chi connectivity index (χ0) is 14.5. The zero-order valence-electron chi connectivity index (χ0n) is 13.0. The predicted molar refractivity (Wildman–Crippen MR) is 82.8 cm³/mol. The Bertz CT molecular complexity index is 246. The number of ether oxygens (including phenoxy) is 1. The lowest BCUT2D eigenvalue weighted by molar-refractivity contribution is -0.0297. The standard InChI is InChI=1S/C17H32O2/c1-5-12-15(4)13-10-8-9-11-14-16(6-2)19-17(18)7-3/h6-7,15,17-18H,3,5,8-14H2,1-2,4H3/b16-6+/t15?,17-/m0/s1. The van der Waals surface area contributed by atoms with Crippen LogP contribution in [0, 0.1) is 5.92 Å². The van der Waals surface area contributed by atoms with Gasteiger partial charge in [-0.3, -0.25) is 0 Å². The third-order valence-corrected chi connectivity index (χ3v) is 3.45. The number of rotatable bonds is 12. The minimum Gasteiger partial charge on any atom is -0.466 e. The summed E-state index contributed by atoms with van der Waals surface area (Å²) < 4.78 is 5.32. The Balaban J connectivity index is 3.54. The highest BCUT2D eigenvalue weighted by molar-refractivity contribution is 4.92. The molecule has 0 rings (SSSR count). The first-order chi connectivity index (χ1) is 9.13. The summed E-state index contributed by atoms with van der Waals surface area (Å²) in [7, 11) is 0. The molecule has 0 aliphatic carbocycles. The molecule has 0 fully saturated rings. The Morgan fingerprint density at radius 3 is 2.47 bits per heavy atom. The van der Waals surface area contributed by atoms with Gasteiger partial charge in [0.05, 0.1) is 5.76 Å². The average molecular weight is 268 g/mol. The number of unbranched alkanes of at least 4 members (excludes halogenated alkanes) is 3. The van der Waals surface area contributed by atoms with Crippen LogP contribution in [0.3, 0.4) is 0 Å². The van der Waals surface area contributed by atoms with Crippen LogP contribution >= 0.6 is 0 Å². The van der Waals surface area contributed by atoms with Crippen LogP contribution in [0.25, 0.3) is 0 Å². The van der Waals surface area contributed by atoms with Crippen LogP contribution in [0.4, 0.5) is 0 Å². The molecule has 0 heterocycles. The summed E-state index contributed by atoms with van der Waals surface area (Å²) in [6.45, 7) is 10.0. The summed E-state index contributed by atoms with van der Waals surface area (Å²) in [4.78, 5) is 0. The van der Waals surface area contributed by atoms with Gasteiger partial charge < -0.3 is 9.84 Å². The molecule has 1 N–H and O–H groups in total. The van der Waals surface area contributed by atoms with E-state index >= 15 is 0 Å². The van der Waals surface area contributed by atoms with Crippen molar-refractivity contribution in [3.63, 3.8) is 0 Å². The monoisotopic (exact) mass is 268 g/mol. The van der Waals surface area contributed by atoms with E-state index < -0.39 is 6.29 Å². The first-order valence-corrected chi connectivity index (χ1v) is 7.76. The Labute approximate surface area is 119 Å². The molecule has 0 aromatic heterocycles. The number of aliphatic hydroxyl groups excluding tert-OH is 1. The van der Waals surface area contributed by atoms with E-state index in [4.69, 9.17) is 4.74 Å². The van der Waals surface area contributed by atoms with Gasteiger partial charge in [0, 0.05) is 6.42 Å². The molecule has 0 saturated heterocycles. The van der Waals surface area contributed by atoms with E-state index in [1.807, 2.05) is 13.0 Å². The van der Waals surface area contributed by atoms with Crippen LogP contribution < -0.4 is 0 Å². The molecule has 0 saturated carbocycles. The Morgan fingerprint density at radius 1 is 1.21 bits per heavy atom. The average Bonchev–Trinajstić information content (AvgIpc) is 2.41. The molecule has 2 nitrogen and oxygen atoms in total. The van der Waals surface area contributed by atoms with E-state index in [-0.39, 0.29) is 0 Å². The molecule has 1 unspecified atom stereocenters. The van der Waals surface area contributed by atoms with Crippen molar-refractivity contribution in [2.45, 2.75) is 78.4 Å². The van der Waals surface area contributed by atoms with Crippen LogP contribution in [0.15, 0.2) is 24.5 Å². The molecule has 0 aromatic rings. The minimum atomic E-state index is -0.874. The third kappa shape index (κ3) is 10.8. The third-order valence-electron chi connectivity index (χ3n) is 3.45. The van der Waals surface area contributed by atoms with Gasteiger partial charge in [0.1, 0.15) is 0 Å². The molecule has 0 aliphatic heterocycles. The fourth-order valence-corrected chi connectivity index (χ4v) is 2.26. The van der Waals surface area contributed by atoms with Crippen molar-refractivity contribution in [3.8, 4) is 0 Å². The van der Waals surface area contributed by atoms with Crippen molar-refractivity contribution in [2.75, 3.05) is 0 Å². The molecular weight excluding hydrogens is 236 g/mol. The lowest BCUT2D eigenvalue weighted by atomic mass is 9.98. The van der Waals surface area contributed by atoms with Crippen molar-refractivity contribution >= 4 is 0 Å². The molecule has 0 bridgehead atoms. The van der Waals surface area contributed by atoms with Gasteiger partial charge in [-0.25, -0.2) is 0 Å². The summed E-state index contributed by atoms with van der Waals surface area (Å²) in [6.07, 6.45) is 12.4. The van der Waals surface area contributed by atoms with Crippen LogP contribution in [0.1, 0.15) is 72.1 Å². The van der Waals surface area contributed by atoms with Gasteiger partial charge in [0.25, 0.3) is 0 Å². The number of allylic oxidation sites excluding steroid dienone is 2. The molecule has 0 radical (unpaired) electrons. The Hall–Kier alpha value is -0.760. The van der Waals surface area contributed by atoms with Gasteiger partial charge >= 0.3 is 0 Å². The fourth-order valence-electron chi connectivity index (χ4n) is 2.26. The van der Waals surface area contributed by atoms with Crippen LogP contribution in [-0.2, 0) is 4.74 Å². The van der Waals surface area contributed by atoms with E-state index in [1.54, 1.807) is 0 Å². The van der Waals surface area contributed by atoms with Gasteiger partial charge in [-0.15, -0.1) is 0 Å². The van der Waals surface area contributed by atoms with Crippen molar-refractivity contribution in [2.24, 2.45) is 5.92 Å². The van der Waals surface area contributed by atoms with Gasteiger partial charge in [0.2, 0.25) is 6.29 Å². The van der Waals surface area contributed by atoms with E-state index in [9.17, 15) is 5.11 Å². The molecule has 2 heteroatoms. The molecule has 2 atom stereocenters. The van der Waals surface area contributed by atoms with Gasteiger partial charge in [-0.05, 0) is 31.4 Å². The second kappa shape index (κ2) is 12.3. The largest absolute Gasteiger partial charge is 0.466 e. The van der Waals surface area contributed by atoms with Gasteiger partial charge in [0.15, 0.2) is 0 Å². The van der Waals surface area contributed by atoms with E-state index in [1.165, 1.54) is 44.6 Å². The first-order valence-electron chi connectivity index (χ1n) is 7.76. The lowest BCUT2D eigenvalue weighted by Crippen LogP contribution is -2.07. The maximum Gasteiger partial charge on any atom is 0.216 e. The predicted octanol–water partition coefficient (Wildman–Crippen LogP) is 5.19. The van der Waals surface area contributed by atoms with Crippen molar-refractivity contribution < 1.29 is 9.84 Å². The number of aliphatic hydroxyl groups is 1. The van der Waals surface area contributed by atoms with Crippen LogP contribution in [0.5, 0.6) is 0 Å². The number of hydrogen-bond donors (Lipinski definition) is 1. The van der Waals surface area contributed by atoms with E-state index in [2.05, 4.69) is 20.4 Å². The molecule has 0 amide bonds. The van der Waals surface area contributed by atoms with Crippen molar-refractivity contribution in [3.05, 3.63) is 24.5 Å². The Morgan fingerprint density at radius 2 is 1.89 bits per heavy atom. The fraction of sp³-hybridized carbons (Fsp3) is 0.765. The highest BCUT2D eigenvalue weighted by Crippen LogP contribution is 2.17. The smallest absolute Gasteiger partial charge is 0.216 e. The van der Waals surface area contributed by atoms with Crippen molar-refractivity contribution in [1.82, 2.24) is 0 Å². The quantitative estimate of drug-likeness (QED) is 0.228. The molecule has 19 heavy (non-hydrogen) atoms. The maximum atomic E-state index is 9.33.